The van der Waals surface area contributed by atoms with Crippen LogP contribution in [0.3, 0.4) is 0 Å². The molecule has 0 N–H and O–H groups in total. The zero-order valence-electron chi connectivity index (χ0n) is 18.7. The van der Waals surface area contributed by atoms with Gasteiger partial charge in [0.1, 0.15) is 0 Å². The molecule has 0 bridgehead atoms. The van der Waals surface area contributed by atoms with Crippen LogP contribution in [0.15, 0.2) is 18.2 Å². The second kappa shape index (κ2) is 9.30. The van der Waals surface area contributed by atoms with Gasteiger partial charge in [-0.05, 0) is 37.6 Å². The third-order valence-electron chi connectivity index (χ3n) is 5.75. The van der Waals surface area contributed by atoms with E-state index in [1.807, 2.05) is 13.1 Å². The molecular weight excluding hydrogens is 404 g/mol. The first kappa shape index (κ1) is 22.5. The van der Waals surface area contributed by atoms with E-state index in [0.29, 0.717) is 40.7 Å². The van der Waals surface area contributed by atoms with Crippen LogP contribution in [-0.4, -0.2) is 59.0 Å². The monoisotopic (exact) mass is 432 g/mol. The van der Waals surface area contributed by atoms with Crippen molar-refractivity contribution in [3.63, 3.8) is 0 Å². The van der Waals surface area contributed by atoms with E-state index >= 15 is 0 Å². The van der Waals surface area contributed by atoms with Gasteiger partial charge in [-0.25, -0.2) is 0 Å². The van der Waals surface area contributed by atoms with E-state index in [1.165, 1.54) is 20.3 Å². The summed E-state index contributed by atoms with van der Waals surface area (Å²) in [6.45, 7) is 0.789. The smallest absolute Gasteiger partial charge is 0.276 e. The fourth-order valence-corrected chi connectivity index (χ4v) is 4.18. The Labute approximate surface area is 181 Å². The molecule has 0 saturated heterocycles. The van der Waals surface area contributed by atoms with Gasteiger partial charge in [0.05, 0.1) is 46.5 Å². The summed E-state index contributed by atoms with van der Waals surface area (Å²) >= 11 is 0. The van der Waals surface area contributed by atoms with E-state index in [1.54, 1.807) is 27.4 Å². The van der Waals surface area contributed by atoms with E-state index < -0.39 is 4.92 Å². The van der Waals surface area contributed by atoms with Crippen LogP contribution in [-0.2, 0) is 12.8 Å². The van der Waals surface area contributed by atoms with E-state index in [4.69, 9.17) is 23.7 Å². The van der Waals surface area contributed by atoms with Crippen molar-refractivity contribution in [1.29, 1.82) is 0 Å². The lowest BCUT2D eigenvalue weighted by Crippen LogP contribution is -2.34. The summed E-state index contributed by atoms with van der Waals surface area (Å²) in [5.41, 5.74) is 2.54. The van der Waals surface area contributed by atoms with Gasteiger partial charge in [-0.2, -0.15) is 0 Å². The molecule has 1 atom stereocenters. The molecule has 1 aliphatic heterocycles. The second-order valence-electron chi connectivity index (χ2n) is 7.26. The Morgan fingerprint density at radius 1 is 0.935 bits per heavy atom. The highest BCUT2D eigenvalue weighted by molar-refractivity contribution is 5.62. The Balaban J connectivity index is 2.17. The molecular formula is C22H28N2O7. The summed E-state index contributed by atoms with van der Waals surface area (Å²) < 4.78 is 27.4. The summed E-state index contributed by atoms with van der Waals surface area (Å²) in [4.78, 5) is 13.6. The van der Waals surface area contributed by atoms with E-state index in [9.17, 15) is 10.1 Å². The van der Waals surface area contributed by atoms with Crippen LogP contribution in [0.1, 0.15) is 22.7 Å². The highest BCUT2D eigenvalue weighted by Crippen LogP contribution is 2.48. The summed E-state index contributed by atoms with van der Waals surface area (Å²) in [6.07, 6.45) is 1.18. The highest BCUT2D eigenvalue weighted by Gasteiger charge is 2.34. The van der Waals surface area contributed by atoms with E-state index in [-0.39, 0.29) is 11.7 Å². The van der Waals surface area contributed by atoms with Gasteiger partial charge in [-0.1, -0.05) is 0 Å². The highest BCUT2D eigenvalue weighted by atomic mass is 16.6. The third kappa shape index (κ3) is 4.05. The molecule has 0 saturated carbocycles. The predicted octanol–water partition coefficient (Wildman–Crippen LogP) is 3.41. The molecule has 9 heteroatoms. The lowest BCUT2D eigenvalue weighted by molar-refractivity contribution is -0.385. The Bertz CT molecular complexity index is 977. The minimum atomic E-state index is -0.396. The predicted molar refractivity (Wildman–Crippen MR) is 115 cm³/mol. The topological polar surface area (TPSA) is 92.5 Å². The molecule has 31 heavy (non-hydrogen) atoms. The number of fused-ring (bicyclic) bond motifs is 1. The number of methoxy groups -OCH3 is 5. The van der Waals surface area contributed by atoms with Gasteiger partial charge in [0.15, 0.2) is 23.0 Å². The van der Waals surface area contributed by atoms with Crippen molar-refractivity contribution in [2.75, 3.05) is 49.1 Å². The van der Waals surface area contributed by atoms with Crippen molar-refractivity contribution >= 4 is 5.69 Å². The molecule has 0 spiro atoms. The fourth-order valence-electron chi connectivity index (χ4n) is 4.18. The first-order valence-corrected chi connectivity index (χ1v) is 9.81. The van der Waals surface area contributed by atoms with Crippen LogP contribution in [0.25, 0.3) is 0 Å². The lowest BCUT2D eigenvalue weighted by Gasteiger charge is -2.36. The fraction of sp³-hybridized carbons (Fsp3) is 0.455. The maximum absolute atomic E-state index is 11.8. The van der Waals surface area contributed by atoms with Crippen molar-refractivity contribution < 1.29 is 28.6 Å². The zero-order valence-corrected chi connectivity index (χ0v) is 18.7. The molecule has 0 aliphatic carbocycles. The number of hydrogen-bond donors (Lipinski definition) is 0. The molecule has 0 unspecified atom stereocenters. The quantitative estimate of drug-likeness (QED) is 0.463. The Morgan fingerprint density at radius 2 is 1.55 bits per heavy atom. The molecule has 0 radical (unpaired) electrons. The van der Waals surface area contributed by atoms with Crippen LogP contribution >= 0.6 is 0 Å². The maximum atomic E-state index is 11.8. The van der Waals surface area contributed by atoms with Crippen molar-refractivity contribution in [3.8, 4) is 28.7 Å². The molecule has 1 heterocycles. The van der Waals surface area contributed by atoms with Crippen LogP contribution in [0, 0.1) is 10.1 Å². The number of likely N-dealkylation sites (N-methyl/N-ethyl adjacent to an activating group) is 1. The SMILES string of the molecule is COc1cc(C[C@H]2c3c(cc(OC)c(OC)c3OC)CCN2C)c([N+](=O)[O-])cc1OC. The number of rotatable bonds is 8. The molecule has 1 aliphatic rings. The largest absolute Gasteiger partial charge is 0.493 e. The molecule has 3 rings (SSSR count). The molecule has 0 aromatic heterocycles. The number of nitro benzene ring substituents is 1. The first-order chi connectivity index (χ1) is 14.9. The Hall–Kier alpha value is -3.20. The Morgan fingerprint density at radius 3 is 2.10 bits per heavy atom. The third-order valence-corrected chi connectivity index (χ3v) is 5.75. The van der Waals surface area contributed by atoms with Gasteiger partial charge in [0.2, 0.25) is 5.75 Å². The maximum Gasteiger partial charge on any atom is 0.276 e. The number of nitrogens with zero attached hydrogens (tertiary/aromatic N) is 2. The van der Waals surface area contributed by atoms with Gasteiger partial charge in [0.25, 0.3) is 5.69 Å². The van der Waals surface area contributed by atoms with Crippen molar-refractivity contribution in [2.24, 2.45) is 0 Å². The van der Waals surface area contributed by atoms with Gasteiger partial charge < -0.3 is 23.7 Å². The molecule has 0 amide bonds. The molecule has 2 aromatic carbocycles. The van der Waals surface area contributed by atoms with E-state index in [0.717, 1.165) is 24.1 Å². The van der Waals surface area contributed by atoms with Crippen LogP contribution in [0.4, 0.5) is 5.69 Å². The minimum absolute atomic E-state index is 0.0161. The van der Waals surface area contributed by atoms with Gasteiger partial charge in [0, 0.05) is 23.7 Å². The van der Waals surface area contributed by atoms with Gasteiger partial charge in [-0.15, -0.1) is 0 Å². The summed E-state index contributed by atoms with van der Waals surface area (Å²) in [5.74, 6) is 2.45. The number of hydrogen-bond acceptors (Lipinski definition) is 8. The van der Waals surface area contributed by atoms with Crippen molar-refractivity contribution in [3.05, 3.63) is 45.0 Å². The average Bonchev–Trinajstić information content (AvgIpc) is 2.78. The van der Waals surface area contributed by atoms with Crippen LogP contribution in [0.5, 0.6) is 28.7 Å². The van der Waals surface area contributed by atoms with Crippen LogP contribution < -0.4 is 23.7 Å². The molecule has 9 nitrogen and oxygen atoms in total. The molecule has 0 fully saturated rings. The first-order valence-electron chi connectivity index (χ1n) is 9.81. The minimum Gasteiger partial charge on any atom is -0.493 e. The standard InChI is InChI=1S/C22H28N2O7/c1-23-8-7-13-10-19(29-4)21(30-5)22(31-6)20(13)16(23)9-14-11-17(27-2)18(28-3)12-15(14)24(25)26/h10-12,16H,7-9H2,1-6H3/t16-/m0/s1. The van der Waals surface area contributed by atoms with Gasteiger partial charge >= 0.3 is 0 Å². The number of benzene rings is 2. The number of nitro groups is 1. The second-order valence-corrected chi connectivity index (χ2v) is 7.26. The van der Waals surface area contributed by atoms with Crippen LogP contribution in [0.2, 0.25) is 0 Å². The number of ether oxygens (including phenoxy) is 5. The van der Waals surface area contributed by atoms with E-state index in [2.05, 4.69) is 4.90 Å². The average molecular weight is 432 g/mol. The van der Waals surface area contributed by atoms with Crippen molar-refractivity contribution in [2.45, 2.75) is 18.9 Å². The summed E-state index contributed by atoms with van der Waals surface area (Å²) in [7, 11) is 9.70. The normalized spacial score (nSPS) is 15.7. The summed E-state index contributed by atoms with van der Waals surface area (Å²) in [6, 6.07) is 4.87. The lowest BCUT2D eigenvalue weighted by atomic mass is 9.87. The summed E-state index contributed by atoms with van der Waals surface area (Å²) in [5, 5.41) is 11.8. The Kier molecular flexibility index (Phi) is 6.74. The van der Waals surface area contributed by atoms with Gasteiger partial charge in [-0.3, -0.25) is 15.0 Å². The molecule has 168 valence electrons. The van der Waals surface area contributed by atoms with Crippen molar-refractivity contribution in [1.82, 2.24) is 4.90 Å². The molecule has 2 aromatic rings. The zero-order chi connectivity index (χ0) is 22.7.